The van der Waals surface area contributed by atoms with E-state index >= 15 is 0 Å². The third-order valence-electron chi connectivity index (χ3n) is 2.58. The van der Waals surface area contributed by atoms with Gasteiger partial charge in [-0.05, 0) is 12.1 Å². The molecule has 0 spiro atoms. The first kappa shape index (κ1) is 12.8. The molecule has 0 fully saturated rings. The molecule has 0 radical (unpaired) electrons. The van der Waals surface area contributed by atoms with Gasteiger partial charge in [-0.2, -0.15) is 0 Å². The van der Waals surface area contributed by atoms with E-state index in [0.717, 1.165) is 0 Å². The number of carboxylic acids is 1. The highest BCUT2D eigenvalue weighted by atomic mass is 16.5. The van der Waals surface area contributed by atoms with Crippen molar-refractivity contribution in [3.8, 4) is 0 Å². The maximum Gasteiger partial charge on any atom is 0.337 e. The lowest BCUT2D eigenvalue weighted by Gasteiger charge is -2.25. The highest BCUT2D eigenvalue weighted by Crippen LogP contribution is 2.22. The van der Waals surface area contributed by atoms with Crippen LogP contribution >= 0.6 is 0 Å². The number of carbonyl (C=O) groups is 1. The Morgan fingerprint density at radius 1 is 1.32 bits per heavy atom. The van der Waals surface area contributed by atoms with Gasteiger partial charge in [0.2, 0.25) is 0 Å². The van der Waals surface area contributed by atoms with Gasteiger partial charge in [0.1, 0.15) is 0 Å². The minimum atomic E-state index is -1.05. The van der Waals surface area contributed by atoms with Crippen LogP contribution in [-0.4, -0.2) is 17.3 Å². The molecule has 0 amide bonds. The van der Waals surface area contributed by atoms with Crippen molar-refractivity contribution in [1.82, 2.24) is 0 Å². The van der Waals surface area contributed by atoms with E-state index in [2.05, 4.69) is 5.32 Å². The number of hydrogen-bond acceptors (Lipinski definition) is 6. The predicted molar refractivity (Wildman–Crippen MR) is 69.6 cm³/mol. The van der Waals surface area contributed by atoms with Gasteiger partial charge in [-0.1, -0.05) is 12.1 Å². The van der Waals surface area contributed by atoms with Crippen LogP contribution in [0.4, 0.5) is 5.69 Å². The predicted octanol–water partition coefficient (Wildman–Crippen LogP) is 0.0821. The summed E-state index contributed by atoms with van der Waals surface area (Å²) >= 11 is 0. The molecule has 2 rings (SSSR count). The van der Waals surface area contributed by atoms with E-state index in [4.69, 9.17) is 27.0 Å². The largest absolute Gasteiger partial charge is 0.478 e. The molecule has 1 aliphatic heterocycles. The molecule has 0 saturated carbocycles. The summed E-state index contributed by atoms with van der Waals surface area (Å²) in [7, 11) is 0. The van der Waals surface area contributed by atoms with Crippen LogP contribution in [0.2, 0.25) is 0 Å². The van der Waals surface area contributed by atoms with Gasteiger partial charge in [0.05, 0.1) is 22.6 Å². The average molecular weight is 262 g/mol. The summed E-state index contributed by atoms with van der Waals surface area (Å²) in [6.45, 7) is 0. The fourth-order valence-corrected chi connectivity index (χ4v) is 1.70. The minimum absolute atomic E-state index is 0.109. The lowest BCUT2D eigenvalue weighted by atomic mass is 10.1. The monoisotopic (exact) mass is 262 g/mol. The van der Waals surface area contributed by atoms with Gasteiger partial charge < -0.3 is 26.6 Å². The number of ether oxygens (including phenoxy) is 1. The molecule has 7 nitrogen and oxygen atoms in total. The highest BCUT2D eigenvalue weighted by molar-refractivity contribution is 5.94. The molecular formula is C12H14N4O3. The zero-order valence-corrected chi connectivity index (χ0v) is 9.96. The number of nitrogens with two attached hydrogens (primary N) is 3. The Morgan fingerprint density at radius 3 is 2.63 bits per heavy atom. The van der Waals surface area contributed by atoms with Gasteiger partial charge in [0.25, 0.3) is 0 Å². The number of para-hydroxylation sites is 1. The van der Waals surface area contributed by atoms with E-state index in [1.54, 1.807) is 18.2 Å². The fourth-order valence-electron chi connectivity index (χ4n) is 1.70. The molecule has 19 heavy (non-hydrogen) atoms. The van der Waals surface area contributed by atoms with Crippen LogP contribution in [0.1, 0.15) is 10.4 Å². The lowest BCUT2D eigenvalue weighted by molar-refractivity contribution is 0.0697. The molecule has 1 heterocycles. The first-order valence-electron chi connectivity index (χ1n) is 5.47. The van der Waals surface area contributed by atoms with Crippen molar-refractivity contribution in [2.75, 3.05) is 5.32 Å². The van der Waals surface area contributed by atoms with E-state index < -0.39 is 12.2 Å². The van der Waals surface area contributed by atoms with E-state index in [-0.39, 0.29) is 11.4 Å². The Labute approximate surface area is 109 Å². The summed E-state index contributed by atoms with van der Waals surface area (Å²) < 4.78 is 5.11. The number of hydrogen-bond donors (Lipinski definition) is 5. The zero-order chi connectivity index (χ0) is 14.0. The Hall–Kier alpha value is -2.67. The number of aromatic carboxylic acids is 1. The fraction of sp³-hybridized carbons (Fsp3) is 0.0833. The van der Waals surface area contributed by atoms with Crippen molar-refractivity contribution < 1.29 is 14.6 Å². The number of rotatable bonds is 3. The number of nitrogens with one attached hydrogen (secondary N) is 1. The van der Waals surface area contributed by atoms with Crippen molar-refractivity contribution in [2.24, 2.45) is 17.2 Å². The number of anilines is 1. The molecule has 0 bridgehead atoms. The van der Waals surface area contributed by atoms with Crippen LogP contribution in [0.5, 0.6) is 0 Å². The molecular weight excluding hydrogens is 248 g/mol. The first-order valence-corrected chi connectivity index (χ1v) is 5.47. The smallest absolute Gasteiger partial charge is 0.337 e. The second-order valence-corrected chi connectivity index (χ2v) is 3.93. The summed E-state index contributed by atoms with van der Waals surface area (Å²) in [6, 6.07) is 6.41. The minimum Gasteiger partial charge on any atom is -0.478 e. The van der Waals surface area contributed by atoms with Crippen LogP contribution in [0, 0.1) is 0 Å². The van der Waals surface area contributed by atoms with Gasteiger partial charge in [0, 0.05) is 6.08 Å². The summed E-state index contributed by atoms with van der Waals surface area (Å²) in [5.74, 6) is -0.940. The maximum atomic E-state index is 11.1. The second-order valence-electron chi connectivity index (χ2n) is 3.93. The van der Waals surface area contributed by atoms with Crippen LogP contribution in [-0.2, 0) is 4.74 Å². The maximum absolute atomic E-state index is 11.1. The topological polar surface area (TPSA) is 137 Å². The van der Waals surface area contributed by atoms with E-state index in [9.17, 15) is 4.79 Å². The number of allylic oxidation sites excluding steroid dienone is 1. The quantitative estimate of drug-likeness (QED) is 0.520. The van der Waals surface area contributed by atoms with Crippen LogP contribution in [0.3, 0.4) is 0 Å². The third-order valence-corrected chi connectivity index (χ3v) is 2.58. The SMILES string of the molecule is NC1=CC(N)=C(Nc2ccccc2C(=O)O)C(N)O1. The van der Waals surface area contributed by atoms with Crippen molar-refractivity contribution >= 4 is 11.7 Å². The number of benzene rings is 1. The van der Waals surface area contributed by atoms with Gasteiger partial charge in [-0.15, -0.1) is 0 Å². The summed E-state index contributed by atoms with van der Waals surface area (Å²) in [5.41, 5.74) is 18.2. The number of carboxylic acid groups (broad SMARTS) is 1. The van der Waals surface area contributed by atoms with Gasteiger partial charge in [0.15, 0.2) is 12.1 Å². The van der Waals surface area contributed by atoms with Crippen molar-refractivity contribution in [3.63, 3.8) is 0 Å². The van der Waals surface area contributed by atoms with Gasteiger partial charge in [-0.25, -0.2) is 4.79 Å². The standard InChI is InChI=1S/C12H14N4O3/c13-7-5-9(14)19-11(15)10(7)16-8-4-2-1-3-6(8)12(17)18/h1-5,11,16H,13-15H2,(H,17,18). The molecule has 8 N–H and O–H groups in total. The zero-order valence-electron chi connectivity index (χ0n) is 9.96. The lowest BCUT2D eigenvalue weighted by Crippen LogP contribution is -2.36. The summed E-state index contributed by atoms with van der Waals surface area (Å²) in [6.07, 6.45) is 0.543. The first-order chi connectivity index (χ1) is 8.99. The van der Waals surface area contributed by atoms with Crippen molar-refractivity contribution in [3.05, 3.63) is 53.2 Å². The van der Waals surface area contributed by atoms with Crippen molar-refractivity contribution in [2.45, 2.75) is 6.23 Å². The van der Waals surface area contributed by atoms with Crippen LogP contribution in [0.25, 0.3) is 0 Å². The highest BCUT2D eigenvalue weighted by Gasteiger charge is 2.21. The molecule has 1 unspecified atom stereocenters. The molecule has 0 saturated heterocycles. The third kappa shape index (κ3) is 2.61. The molecule has 100 valence electrons. The molecule has 7 heteroatoms. The molecule has 1 aromatic rings. The molecule has 1 atom stereocenters. The Kier molecular flexibility index (Phi) is 3.30. The van der Waals surface area contributed by atoms with Crippen LogP contribution < -0.4 is 22.5 Å². The average Bonchev–Trinajstić information content (AvgIpc) is 2.34. The Bertz CT molecular complexity index is 580. The Morgan fingerprint density at radius 2 is 2.00 bits per heavy atom. The Balaban J connectivity index is 2.36. The second kappa shape index (κ2) is 4.91. The van der Waals surface area contributed by atoms with Gasteiger partial charge in [-0.3, -0.25) is 5.73 Å². The van der Waals surface area contributed by atoms with Gasteiger partial charge >= 0.3 is 5.97 Å². The molecule has 1 aromatic carbocycles. The van der Waals surface area contributed by atoms with E-state index in [0.29, 0.717) is 17.1 Å². The van der Waals surface area contributed by atoms with E-state index in [1.165, 1.54) is 12.1 Å². The van der Waals surface area contributed by atoms with Crippen molar-refractivity contribution in [1.29, 1.82) is 0 Å². The molecule has 0 aliphatic carbocycles. The summed E-state index contributed by atoms with van der Waals surface area (Å²) in [5, 5.41) is 12.0. The molecule has 1 aliphatic rings. The molecule has 0 aromatic heterocycles. The van der Waals surface area contributed by atoms with E-state index in [1.807, 2.05) is 0 Å². The summed E-state index contributed by atoms with van der Waals surface area (Å²) in [4.78, 5) is 11.1. The van der Waals surface area contributed by atoms with Crippen LogP contribution in [0.15, 0.2) is 47.6 Å². The normalized spacial score (nSPS) is 18.6.